The number of morpholine rings is 1. The topological polar surface area (TPSA) is 49.8 Å². The first kappa shape index (κ1) is 14.3. The number of hydrogen-bond acceptors (Lipinski definition) is 3. The molecule has 1 heterocycles. The van der Waals surface area contributed by atoms with Crippen molar-refractivity contribution in [2.24, 2.45) is 0 Å². The Morgan fingerprint density at radius 3 is 2.74 bits per heavy atom. The summed E-state index contributed by atoms with van der Waals surface area (Å²) in [6.07, 6.45) is 0.498. The molecule has 0 bridgehead atoms. The highest BCUT2D eigenvalue weighted by molar-refractivity contribution is 6.30. The van der Waals surface area contributed by atoms with E-state index in [1.807, 2.05) is 30.0 Å². The zero-order chi connectivity index (χ0) is 13.8. The summed E-state index contributed by atoms with van der Waals surface area (Å²) in [4.78, 5) is 13.4. The summed E-state index contributed by atoms with van der Waals surface area (Å²) in [5, 5.41) is 10.1. The van der Waals surface area contributed by atoms with E-state index in [0.29, 0.717) is 37.7 Å². The Labute approximate surface area is 117 Å². The summed E-state index contributed by atoms with van der Waals surface area (Å²) in [5.74, 6) is -0.781. The van der Waals surface area contributed by atoms with Crippen LogP contribution in [0.4, 0.5) is 0 Å². The number of aryl methyl sites for hydroxylation is 1. The summed E-state index contributed by atoms with van der Waals surface area (Å²) < 4.78 is 5.27. The van der Waals surface area contributed by atoms with Crippen molar-refractivity contribution in [2.45, 2.75) is 19.4 Å². The van der Waals surface area contributed by atoms with Crippen molar-refractivity contribution < 1.29 is 14.6 Å². The molecule has 0 amide bonds. The molecule has 4 nitrogen and oxygen atoms in total. The van der Waals surface area contributed by atoms with Gasteiger partial charge in [-0.25, -0.2) is 0 Å². The van der Waals surface area contributed by atoms with E-state index in [-0.39, 0.29) is 0 Å². The number of benzene rings is 1. The predicted octanol–water partition coefficient (Wildman–Crippen LogP) is 1.98. The van der Waals surface area contributed by atoms with E-state index in [1.54, 1.807) is 0 Å². The monoisotopic (exact) mass is 283 g/mol. The molecule has 5 heteroatoms. The van der Waals surface area contributed by atoms with Gasteiger partial charge < -0.3 is 9.84 Å². The molecule has 1 unspecified atom stereocenters. The fraction of sp³-hybridized carbons (Fsp3) is 0.500. The number of carbonyl (C=O) groups is 1. The third kappa shape index (κ3) is 3.69. The minimum Gasteiger partial charge on any atom is -0.480 e. The molecule has 1 aliphatic heterocycles. The van der Waals surface area contributed by atoms with Crippen LogP contribution in [0.2, 0.25) is 5.02 Å². The minimum atomic E-state index is -0.781. The van der Waals surface area contributed by atoms with Gasteiger partial charge in [0, 0.05) is 18.1 Å². The van der Waals surface area contributed by atoms with Crippen molar-refractivity contribution in [3.63, 3.8) is 0 Å². The van der Waals surface area contributed by atoms with Crippen molar-refractivity contribution in [2.75, 3.05) is 26.3 Å². The fourth-order valence-electron chi connectivity index (χ4n) is 2.36. The lowest BCUT2D eigenvalue weighted by Crippen LogP contribution is -2.48. The van der Waals surface area contributed by atoms with Crippen LogP contribution in [0.15, 0.2) is 18.2 Å². The molecule has 104 valence electrons. The molecule has 1 aliphatic rings. The van der Waals surface area contributed by atoms with Crippen molar-refractivity contribution in [3.05, 3.63) is 34.3 Å². The van der Waals surface area contributed by atoms with Gasteiger partial charge in [0.2, 0.25) is 0 Å². The lowest BCUT2D eigenvalue weighted by atomic mass is 10.00. The van der Waals surface area contributed by atoms with Gasteiger partial charge >= 0.3 is 5.97 Å². The smallest absolute Gasteiger partial charge is 0.321 e. The van der Waals surface area contributed by atoms with Crippen molar-refractivity contribution in [1.82, 2.24) is 4.90 Å². The Hall–Kier alpha value is -1.10. The van der Waals surface area contributed by atoms with E-state index in [4.69, 9.17) is 16.3 Å². The van der Waals surface area contributed by atoms with Crippen molar-refractivity contribution >= 4 is 17.6 Å². The number of carboxylic acid groups (broad SMARTS) is 1. The van der Waals surface area contributed by atoms with Gasteiger partial charge in [-0.1, -0.05) is 17.7 Å². The highest BCUT2D eigenvalue weighted by Crippen LogP contribution is 2.19. The first-order valence-electron chi connectivity index (χ1n) is 6.37. The highest BCUT2D eigenvalue weighted by Gasteiger charge is 2.27. The molecule has 0 aliphatic carbocycles. The molecule has 1 aromatic carbocycles. The first-order valence-corrected chi connectivity index (χ1v) is 6.75. The Bertz CT molecular complexity index is 458. The summed E-state index contributed by atoms with van der Waals surface area (Å²) in [6, 6.07) is 5.09. The van der Waals surface area contributed by atoms with Crippen LogP contribution in [0, 0.1) is 6.92 Å². The fourth-order valence-corrected chi connectivity index (χ4v) is 2.59. The van der Waals surface area contributed by atoms with Gasteiger partial charge in [-0.05, 0) is 36.6 Å². The molecule has 0 spiro atoms. The average molecular weight is 284 g/mol. The van der Waals surface area contributed by atoms with E-state index in [9.17, 15) is 9.90 Å². The number of ether oxygens (including phenoxy) is 1. The van der Waals surface area contributed by atoms with Gasteiger partial charge in [-0.15, -0.1) is 0 Å². The third-order valence-corrected chi connectivity index (χ3v) is 3.72. The Kier molecular flexibility index (Phi) is 4.80. The molecule has 1 saturated heterocycles. The molecule has 0 saturated carbocycles. The molecule has 1 fully saturated rings. The number of rotatable bonds is 4. The Morgan fingerprint density at radius 2 is 2.16 bits per heavy atom. The quantitative estimate of drug-likeness (QED) is 0.918. The molecule has 0 aromatic heterocycles. The predicted molar refractivity (Wildman–Crippen MR) is 73.7 cm³/mol. The summed E-state index contributed by atoms with van der Waals surface area (Å²) >= 11 is 5.92. The molecular weight excluding hydrogens is 266 g/mol. The van der Waals surface area contributed by atoms with E-state index in [0.717, 1.165) is 11.1 Å². The molecule has 1 N–H and O–H groups in total. The Balaban J connectivity index is 2.13. The van der Waals surface area contributed by atoms with Gasteiger partial charge in [-0.2, -0.15) is 0 Å². The van der Waals surface area contributed by atoms with Gasteiger partial charge in [0.05, 0.1) is 13.2 Å². The number of hydrogen-bond donors (Lipinski definition) is 1. The van der Waals surface area contributed by atoms with Crippen LogP contribution in [0.1, 0.15) is 11.1 Å². The maximum atomic E-state index is 11.5. The largest absolute Gasteiger partial charge is 0.480 e. The SMILES string of the molecule is Cc1cc(Cl)ccc1CC(C(=O)O)N1CCOCC1. The van der Waals surface area contributed by atoms with E-state index >= 15 is 0 Å². The summed E-state index contributed by atoms with van der Waals surface area (Å²) in [6.45, 7) is 4.50. The molecule has 2 rings (SSSR count). The normalized spacial score (nSPS) is 18.2. The molecule has 1 atom stereocenters. The van der Waals surface area contributed by atoms with Gasteiger partial charge in [0.25, 0.3) is 0 Å². The Morgan fingerprint density at radius 1 is 1.47 bits per heavy atom. The second kappa shape index (κ2) is 6.37. The van der Waals surface area contributed by atoms with Gasteiger partial charge in [0.15, 0.2) is 0 Å². The number of nitrogens with zero attached hydrogens (tertiary/aromatic N) is 1. The average Bonchev–Trinajstić information content (AvgIpc) is 2.38. The number of aliphatic carboxylic acids is 1. The minimum absolute atomic E-state index is 0.497. The van der Waals surface area contributed by atoms with E-state index < -0.39 is 12.0 Å². The van der Waals surface area contributed by atoms with Crippen LogP contribution in [0.5, 0.6) is 0 Å². The maximum absolute atomic E-state index is 11.5. The summed E-state index contributed by atoms with van der Waals surface area (Å²) in [7, 11) is 0. The highest BCUT2D eigenvalue weighted by atomic mass is 35.5. The zero-order valence-electron chi connectivity index (χ0n) is 10.9. The first-order chi connectivity index (χ1) is 9.08. The van der Waals surface area contributed by atoms with E-state index in [1.165, 1.54) is 0 Å². The van der Waals surface area contributed by atoms with Crippen LogP contribution in [-0.2, 0) is 16.0 Å². The van der Waals surface area contributed by atoms with Crippen LogP contribution in [0.3, 0.4) is 0 Å². The van der Waals surface area contributed by atoms with Crippen molar-refractivity contribution in [1.29, 1.82) is 0 Å². The van der Waals surface area contributed by atoms with Crippen molar-refractivity contribution in [3.8, 4) is 0 Å². The molecular formula is C14H18ClNO3. The van der Waals surface area contributed by atoms with Gasteiger partial charge in [0.1, 0.15) is 6.04 Å². The van der Waals surface area contributed by atoms with Crippen LogP contribution >= 0.6 is 11.6 Å². The van der Waals surface area contributed by atoms with Gasteiger partial charge in [-0.3, -0.25) is 9.69 Å². The molecule has 1 aromatic rings. The van der Waals surface area contributed by atoms with Crippen LogP contribution in [-0.4, -0.2) is 48.3 Å². The number of halogens is 1. The van der Waals surface area contributed by atoms with E-state index in [2.05, 4.69) is 0 Å². The van der Waals surface area contributed by atoms with Crippen LogP contribution in [0.25, 0.3) is 0 Å². The van der Waals surface area contributed by atoms with Crippen LogP contribution < -0.4 is 0 Å². The zero-order valence-corrected chi connectivity index (χ0v) is 11.7. The standard InChI is InChI=1S/C14H18ClNO3/c1-10-8-12(15)3-2-11(10)9-13(14(17)18)16-4-6-19-7-5-16/h2-3,8,13H,4-7,9H2,1H3,(H,17,18). The molecule has 0 radical (unpaired) electrons. The summed E-state index contributed by atoms with van der Waals surface area (Å²) in [5.41, 5.74) is 2.07. The second-order valence-electron chi connectivity index (χ2n) is 4.78. The lowest BCUT2D eigenvalue weighted by Gasteiger charge is -2.32. The maximum Gasteiger partial charge on any atom is 0.321 e. The lowest BCUT2D eigenvalue weighted by molar-refractivity contribution is -0.145. The molecule has 19 heavy (non-hydrogen) atoms. The second-order valence-corrected chi connectivity index (χ2v) is 5.21. The number of carboxylic acids is 1. The third-order valence-electron chi connectivity index (χ3n) is 3.49.